The van der Waals surface area contributed by atoms with Crippen LogP contribution in [0.15, 0.2) is 34.1 Å². The summed E-state index contributed by atoms with van der Waals surface area (Å²) in [5.41, 5.74) is 4.05. The predicted octanol–water partition coefficient (Wildman–Crippen LogP) is 8.24. The minimum atomic E-state index is -0.137. The Morgan fingerprint density at radius 3 is 1.23 bits per heavy atom. The van der Waals surface area contributed by atoms with Crippen molar-refractivity contribution in [1.82, 2.24) is 0 Å². The zero-order valence-electron chi connectivity index (χ0n) is 21.2. The number of phenols is 2. The van der Waals surface area contributed by atoms with Crippen molar-refractivity contribution in [2.45, 2.75) is 103 Å². The van der Waals surface area contributed by atoms with Crippen LogP contribution in [-0.2, 0) is 23.7 Å². The first kappa shape index (κ1) is 25.6. The maximum Gasteiger partial charge on any atom is 0.119 e. The van der Waals surface area contributed by atoms with Crippen LogP contribution in [0.25, 0.3) is 0 Å². The van der Waals surface area contributed by atoms with Crippen molar-refractivity contribution in [3.63, 3.8) is 0 Å². The van der Waals surface area contributed by atoms with Gasteiger partial charge in [-0.1, -0.05) is 81.0 Å². The Balaban J connectivity index is 2.69. The molecule has 2 nitrogen and oxygen atoms in total. The summed E-state index contributed by atoms with van der Waals surface area (Å²) in [5, 5.41) is 21.5. The van der Waals surface area contributed by atoms with Gasteiger partial charge in [-0.3, -0.25) is 0 Å². The van der Waals surface area contributed by atoms with E-state index in [2.05, 4.69) is 81.4 Å². The Kier molecular flexibility index (Phi) is 7.85. The normalized spacial score (nSPS) is 12.8. The van der Waals surface area contributed by atoms with Crippen LogP contribution in [0.2, 0.25) is 0 Å². The average molecular weight is 443 g/mol. The molecular formula is C28H42O2S. The lowest BCUT2D eigenvalue weighted by Gasteiger charge is -2.25. The molecule has 0 bridgehead atoms. The summed E-state index contributed by atoms with van der Waals surface area (Å²) in [4.78, 5) is 2.40. The van der Waals surface area contributed by atoms with E-state index in [1.165, 1.54) is 20.9 Å². The highest BCUT2D eigenvalue weighted by Gasteiger charge is 2.24. The lowest BCUT2D eigenvalue weighted by atomic mass is 9.85. The summed E-state index contributed by atoms with van der Waals surface area (Å²) in [7, 11) is 0. The third kappa shape index (κ3) is 6.68. The molecule has 0 aliphatic carbocycles. The molecule has 0 aliphatic rings. The van der Waals surface area contributed by atoms with E-state index in [1.54, 1.807) is 11.8 Å². The van der Waals surface area contributed by atoms with E-state index in [0.29, 0.717) is 23.3 Å². The van der Waals surface area contributed by atoms with Gasteiger partial charge in [-0.05, 0) is 70.9 Å². The van der Waals surface area contributed by atoms with Gasteiger partial charge in [0.1, 0.15) is 11.5 Å². The summed E-state index contributed by atoms with van der Waals surface area (Å²) in [6.07, 6.45) is 1.84. The van der Waals surface area contributed by atoms with E-state index >= 15 is 0 Å². The lowest BCUT2D eigenvalue weighted by molar-refractivity contribution is 0.443. The van der Waals surface area contributed by atoms with E-state index in [1.807, 2.05) is 12.1 Å². The Bertz CT molecular complexity index is 837. The summed E-state index contributed by atoms with van der Waals surface area (Å²) in [5.74, 6) is 1.77. The molecule has 0 amide bonds. The molecule has 31 heavy (non-hydrogen) atoms. The third-order valence-corrected chi connectivity index (χ3v) is 6.65. The van der Waals surface area contributed by atoms with Crippen LogP contribution in [0.4, 0.5) is 0 Å². The van der Waals surface area contributed by atoms with Crippen molar-refractivity contribution in [3.8, 4) is 11.5 Å². The van der Waals surface area contributed by atoms with Gasteiger partial charge >= 0.3 is 0 Å². The van der Waals surface area contributed by atoms with Gasteiger partial charge in [0, 0.05) is 20.9 Å². The van der Waals surface area contributed by atoms with Gasteiger partial charge < -0.3 is 10.2 Å². The van der Waals surface area contributed by atoms with Gasteiger partial charge in [0.15, 0.2) is 0 Å². The van der Waals surface area contributed by atoms with Crippen molar-refractivity contribution < 1.29 is 10.2 Å². The number of benzene rings is 2. The third-order valence-electron chi connectivity index (χ3n) is 5.45. The summed E-state index contributed by atoms with van der Waals surface area (Å²) >= 11 is 1.78. The first-order valence-electron chi connectivity index (χ1n) is 11.5. The molecule has 2 rings (SSSR count). The Morgan fingerprint density at radius 1 is 0.645 bits per heavy atom. The number of rotatable bonds is 6. The summed E-state index contributed by atoms with van der Waals surface area (Å²) in [6, 6.07) is 8.30. The summed E-state index contributed by atoms with van der Waals surface area (Å²) < 4.78 is 0. The van der Waals surface area contributed by atoms with Gasteiger partial charge in [-0.15, -0.1) is 0 Å². The van der Waals surface area contributed by atoms with Crippen LogP contribution in [0.5, 0.6) is 11.5 Å². The molecule has 0 aliphatic heterocycles. The number of hydrogen-bond donors (Lipinski definition) is 2. The molecule has 0 saturated carbocycles. The number of phenolic OH excluding ortho intramolecular Hbond substituents is 2. The fourth-order valence-corrected chi connectivity index (χ4v) is 5.07. The van der Waals surface area contributed by atoms with Crippen LogP contribution in [0.3, 0.4) is 0 Å². The highest BCUT2D eigenvalue weighted by Crippen LogP contribution is 2.43. The van der Waals surface area contributed by atoms with Crippen molar-refractivity contribution >= 4 is 11.8 Å². The second-order valence-corrected chi connectivity index (χ2v) is 12.8. The molecule has 0 saturated heterocycles. The van der Waals surface area contributed by atoms with Crippen LogP contribution in [0.1, 0.15) is 91.5 Å². The largest absolute Gasteiger partial charge is 0.508 e. The topological polar surface area (TPSA) is 40.5 Å². The first-order valence-corrected chi connectivity index (χ1v) is 12.3. The van der Waals surface area contributed by atoms with Gasteiger partial charge in [-0.2, -0.15) is 0 Å². The summed E-state index contributed by atoms with van der Waals surface area (Å²) in [6.45, 7) is 21.7. The highest BCUT2D eigenvalue weighted by molar-refractivity contribution is 7.99. The Morgan fingerprint density at radius 2 is 0.968 bits per heavy atom. The molecule has 0 heterocycles. The monoisotopic (exact) mass is 442 g/mol. The van der Waals surface area contributed by atoms with E-state index in [4.69, 9.17) is 0 Å². The van der Waals surface area contributed by atoms with E-state index < -0.39 is 0 Å². The maximum atomic E-state index is 10.7. The van der Waals surface area contributed by atoms with Crippen molar-refractivity contribution in [1.29, 1.82) is 0 Å². The minimum Gasteiger partial charge on any atom is -0.508 e. The smallest absolute Gasteiger partial charge is 0.119 e. The molecular weight excluding hydrogens is 400 g/mol. The van der Waals surface area contributed by atoms with Crippen LogP contribution in [-0.4, -0.2) is 10.2 Å². The standard InChI is InChI=1S/C28H42O2S/c1-17(2)11-19-13-23(29)21(27(5,6)7)15-25(19)31-26-16-22(28(8,9)10)24(30)14-20(26)12-18(3)4/h13-18,29-30H,11-12H2,1-10H3. The van der Waals surface area contributed by atoms with Gasteiger partial charge in [-0.25, -0.2) is 0 Å². The van der Waals surface area contributed by atoms with Crippen LogP contribution < -0.4 is 0 Å². The highest BCUT2D eigenvalue weighted by atomic mass is 32.2. The Labute approximate surface area is 194 Å². The number of hydrogen-bond acceptors (Lipinski definition) is 3. The molecule has 0 fully saturated rings. The van der Waals surface area contributed by atoms with Crippen LogP contribution in [0, 0.1) is 11.8 Å². The fourth-order valence-electron chi connectivity index (χ4n) is 3.93. The van der Waals surface area contributed by atoms with Crippen molar-refractivity contribution in [2.24, 2.45) is 11.8 Å². The SMILES string of the molecule is CC(C)Cc1cc(O)c(C(C)(C)C)cc1Sc1cc(C(C)(C)C)c(O)cc1CC(C)C. The zero-order chi connectivity index (χ0) is 23.7. The molecule has 0 atom stereocenters. The quantitative estimate of drug-likeness (QED) is 0.473. The molecule has 2 aromatic rings. The number of aromatic hydroxyl groups is 2. The minimum absolute atomic E-state index is 0.137. The van der Waals surface area contributed by atoms with E-state index in [-0.39, 0.29) is 10.8 Å². The predicted molar refractivity (Wildman–Crippen MR) is 135 cm³/mol. The molecule has 3 heteroatoms. The molecule has 172 valence electrons. The van der Waals surface area contributed by atoms with Crippen molar-refractivity contribution in [3.05, 3.63) is 46.5 Å². The molecule has 0 spiro atoms. The van der Waals surface area contributed by atoms with Gasteiger partial charge in [0.05, 0.1) is 0 Å². The van der Waals surface area contributed by atoms with Crippen LogP contribution >= 0.6 is 11.8 Å². The molecule has 2 N–H and O–H groups in total. The average Bonchev–Trinajstić information content (AvgIpc) is 2.55. The zero-order valence-corrected chi connectivity index (χ0v) is 22.0. The van der Waals surface area contributed by atoms with Gasteiger partial charge in [0.2, 0.25) is 0 Å². The molecule has 2 aromatic carbocycles. The Hall–Kier alpha value is -1.61. The van der Waals surface area contributed by atoms with Crippen molar-refractivity contribution in [2.75, 3.05) is 0 Å². The van der Waals surface area contributed by atoms with Gasteiger partial charge in [0.25, 0.3) is 0 Å². The lowest BCUT2D eigenvalue weighted by Crippen LogP contribution is -2.13. The molecule has 0 aromatic heterocycles. The van der Waals surface area contributed by atoms with E-state index in [0.717, 1.165) is 24.0 Å². The van der Waals surface area contributed by atoms with E-state index in [9.17, 15) is 10.2 Å². The fraction of sp³-hybridized carbons (Fsp3) is 0.571. The first-order chi connectivity index (χ1) is 14.1. The second kappa shape index (κ2) is 9.48. The molecule has 0 radical (unpaired) electrons. The molecule has 0 unspecified atom stereocenters. The second-order valence-electron chi connectivity index (χ2n) is 11.8. The maximum absolute atomic E-state index is 10.7.